The summed E-state index contributed by atoms with van der Waals surface area (Å²) in [7, 11) is 1.50. The first-order valence-corrected chi connectivity index (χ1v) is 6.52. The van der Waals surface area contributed by atoms with E-state index in [4.69, 9.17) is 4.74 Å². The van der Waals surface area contributed by atoms with Gasteiger partial charge in [-0.3, -0.25) is 4.79 Å². The Morgan fingerprint density at radius 2 is 2.32 bits per heavy atom. The van der Waals surface area contributed by atoms with Gasteiger partial charge in [0.15, 0.2) is 0 Å². The van der Waals surface area contributed by atoms with Crippen molar-refractivity contribution in [2.75, 3.05) is 24.3 Å². The molecule has 0 bridgehead atoms. The first-order valence-electron chi connectivity index (χ1n) is 5.89. The molecule has 0 aromatic heterocycles. The maximum atomic E-state index is 12.0. The number of nitrogens with zero attached hydrogens (tertiary/aromatic N) is 1. The van der Waals surface area contributed by atoms with Crippen LogP contribution >= 0.6 is 12.6 Å². The average Bonchev–Trinajstić information content (AvgIpc) is 2.79. The number of carboxylic acid groups (broad SMARTS) is 1. The van der Waals surface area contributed by atoms with E-state index in [-0.39, 0.29) is 17.4 Å². The second-order valence-electron chi connectivity index (χ2n) is 4.45. The van der Waals surface area contributed by atoms with Crippen molar-refractivity contribution >= 4 is 30.2 Å². The van der Waals surface area contributed by atoms with E-state index in [2.05, 4.69) is 12.6 Å². The van der Waals surface area contributed by atoms with E-state index < -0.39 is 5.97 Å². The summed E-state index contributed by atoms with van der Waals surface area (Å²) in [5, 5.41) is 9.21. The molecule has 6 heteroatoms. The molecule has 1 saturated heterocycles. The van der Waals surface area contributed by atoms with Crippen LogP contribution in [-0.4, -0.2) is 36.4 Å². The number of methoxy groups -OCH3 is 1. The van der Waals surface area contributed by atoms with Crippen molar-refractivity contribution < 1.29 is 19.4 Å². The highest BCUT2D eigenvalue weighted by molar-refractivity contribution is 7.80. The fraction of sp³-hybridized carbons (Fsp3) is 0.385. The van der Waals surface area contributed by atoms with Crippen LogP contribution in [0.4, 0.5) is 5.69 Å². The first-order chi connectivity index (χ1) is 9.06. The Bertz CT molecular complexity index is 517. The molecule has 1 fully saturated rings. The number of rotatable bonds is 4. The van der Waals surface area contributed by atoms with Gasteiger partial charge < -0.3 is 14.7 Å². The summed E-state index contributed by atoms with van der Waals surface area (Å²) in [6.07, 6.45) is 0.403. The lowest BCUT2D eigenvalue weighted by Gasteiger charge is -2.19. The van der Waals surface area contributed by atoms with Gasteiger partial charge in [-0.05, 0) is 23.8 Å². The Balaban J connectivity index is 2.42. The van der Waals surface area contributed by atoms with Crippen LogP contribution in [0.15, 0.2) is 18.2 Å². The second kappa shape index (κ2) is 5.52. The van der Waals surface area contributed by atoms with Crippen LogP contribution in [0, 0.1) is 5.92 Å². The van der Waals surface area contributed by atoms with E-state index in [0.717, 1.165) is 0 Å². The fourth-order valence-electron chi connectivity index (χ4n) is 2.18. The van der Waals surface area contributed by atoms with Crippen molar-refractivity contribution in [1.82, 2.24) is 0 Å². The predicted octanol–water partition coefficient (Wildman–Crippen LogP) is 1.68. The molecule has 5 nitrogen and oxygen atoms in total. The molecular formula is C13H15NO4S. The maximum absolute atomic E-state index is 12.0. The molecule has 2 rings (SSSR count). The van der Waals surface area contributed by atoms with E-state index in [1.165, 1.54) is 18.1 Å². The van der Waals surface area contributed by atoms with Gasteiger partial charge in [-0.1, -0.05) is 0 Å². The molecule has 1 unspecified atom stereocenters. The molecule has 1 N–H and O–H groups in total. The third kappa shape index (κ3) is 2.68. The number of ether oxygens (including phenoxy) is 1. The number of thiol groups is 1. The van der Waals surface area contributed by atoms with Gasteiger partial charge in [-0.25, -0.2) is 4.79 Å². The van der Waals surface area contributed by atoms with Gasteiger partial charge in [0.25, 0.3) is 0 Å². The van der Waals surface area contributed by atoms with E-state index in [9.17, 15) is 14.7 Å². The fourth-order valence-corrected chi connectivity index (χ4v) is 2.42. The van der Waals surface area contributed by atoms with E-state index in [0.29, 0.717) is 30.2 Å². The van der Waals surface area contributed by atoms with E-state index in [1.54, 1.807) is 12.1 Å². The summed E-state index contributed by atoms with van der Waals surface area (Å²) in [6, 6.07) is 4.61. The van der Waals surface area contributed by atoms with Crippen molar-refractivity contribution in [3.05, 3.63) is 23.8 Å². The van der Waals surface area contributed by atoms with Gasteiger partial charge in [-0.15, -0.1) is 0 Å². The minimum atomic E-state index is -1.06. The molecule has 1 atom stereocenters. The van der Waals surface area contributed by atoms with Crippen molar-refractivity contribution in [2.45, 2.75) is 6.42 Å². The third-order valence-electron chi connectivity index (χ3n) is 3.19. The van der Waals surface area contributed by atoms with Crippen molar-refractivity contribution in [3.63, 3.8) is 0 Å². The van der Waals surface area contributed by atoms with E-state index >= 15 is 0 Å². The lowest BCUT2D eigenvalue weighted by molar-refractivity contribution is -0.117. The highest BCUT2D eigenvalue weighted by Gasteiger charge is 2.32. The molecule has 1 heterocycles. The number of carboxylic acids is 1. The van der Waals surface area contributed by atoms with Crippen LogP contribution in [-0.2, 0) is 4.79 Å². The van der Waals surface area contributed by atoms with Gasteiger partial charge in [0, 0.05) is 19.0 Å². The smallest absolute Gasteiger partial charge is 0.337 e. The van der Waals surface area contributed by atoms with Gasteiger partial charge in [0.2, 0.25) is 5.91 Å². The van der Waals surface area contributed by atoms with E-state index in [1.807, 2.05) is 0 Å². The summed E-state index contributed by atoms with van der Waals surface area (Å²) >= 11 is 4.19. The Morgan fingerprint density at radius 1 is 1.58 bits per heavy atom. The normalized spacial score (nSPS) is 18.7. The molecule has 19 heavy (non-hydrogen) atoms. The standard InChI is InChI=1S/C13H15NO4S/c1-18-9-2-3-10(13(16)17)11(5-9)14-6-8(7-19)4-12(14)15/h2-3,5,8,19H,4,6-7H2,1H3,(H,16,17). The van der Waals surface area contributed by atoms with Gasteiger partial charge >= 0.3 is 5.97 Å². The minimum Gasteiger partial charge on any atom is -0.497 e. The van der Waals surface area contributed by atoms with Crippen LogP contribution < -0.4 is 9.64 Å². The Morgan fingerprint density at radius 3 is 2.84 bits per heavy atom. The lowest BCUT2D eigenvalue weighted by atomic mass is 10.1. The summed E-state index contributed by atoms with van der Waals surface area (Å²) in [5.41, 5.74) is 0.495. The van der Waals surface area contributed by atoms with Crippen LogP contribution in [0.25, 0.3) is 0 Å². The zero-order valence-corrected chi connectivity index (χ0v) is 11.4. The Hall–Kier alpha value is -1.69. The summed E-state index contributed by atoms with van der Waals surface area (Å²) in [6.45, 7) is 0.496. The van der Waals surface area contributed by atoms with Crippen LogP contribution in [0.2, 0.25) is 0 Å². The Kier molecular flexibility index (Phi) is 3.99. The predicted molar refractivity (Wildman–Crippen MR) is 74.3 cm³/mol. The molecule has 1 aromatic rings. The summed E-state index contributed by atoms with van der Waals surface area (Å²) in [4.78, 5) is 24.7. The topological polar surface area (TPSA) is 66.8 Å². The molecule has 0 aliphatic carbocycles. The van der Waals surface area contributed by atoms with Crippen LogP contribution in [0.5, 0.6) is 5.75 Å². The second-order valence-corrected chi connectivity index (χ2v) is 4.81. The average molecular weight is 281 g/mol. The number of anilines is 1. The zero-order chi connectivity index (χ0) is 14.0. The van der Waals surface area contributed by atoms with Crippen molar-refractivity contribution in [3.8, 4) is 5.75 Å². The molecule has 102 valence electrons. The summed E-state index contributed by atoms with van der Waals surface area (Å²) in [5.74, 6) is 0.162. The molecule has 0 spiro atoms. The van der Waals surface area contributed by atoms with Gasteiger partial charge in [-0.2, -0.15) is 12.6 Å². The number of amides is 1. The van der Waals surface area contributed by atoms with Crippen molar-refractivity contribution in [2.24, 2.45) is 5.92 Å². The molecule has 1 amide bonds. The number of aromatic carboxylic acids is 1. The molecule has 1 aromatic carbocycles. The highest BCUT2D eigenvalue weighted by Crippen LogP contribution is 2.31. The first kappa shape index (κ1) is 13.7. The lowest BCUT2D eigenvalue weighted by Crippen LogP contribution is -2.26. The maximum Gasteiger partial charge on any atom is 0.337 e. The quantitative estimate of drug-likeness (QED) is 0.824. The zero-order valence-electron chi connectivity index (χ0n) is 10.5. The van der Waals surface area contributed by atoms with Gasteiger partial charge in [0.1, 0.15) is 5.75 Å². The number of carbonyl (C=O) groups is 2. The number of hydrogen-bond donors (Lipinski definition) is 2. The molecule has 0 saturated carbocycles. The SMILES string of the molecule is COc1ccc(C(=O)O)c(N2CC(CS)CC2=O)c1. The number of benzene rings is 1. The number of carbonyl (C=O) groups excluding carboxylic acids is 1. The van der Waals surface area contributed by atoms with Crippen LogP contribution in [0.3, 0.4) is 0 Å². The summed E-state index contributed by atoms with van der Waals surface area (Å²) < 4.78 is 5.09. The third-order valence-corrected chi connectivity index (χ3v) is 3.71. The van der Waals surface area contributed by atoms with Gasteiger partial charge in [0.05, 0.1) is 18.4 Å². The minimum absolute atomic E-state index is 0.0743. The molecule has 1 aliphatic heterocycles. The Labute approximate surface area is 116 Å². The highest BCUT2D eigenvalue weighted by atomic mass is 32.1. The van der Waals surface area contributed by atoms with Crippen molar-refractivity contribution in [1.29, 1.82) is 0 Å². The molecule has 0 radical (unpaired) electrons. The largest absolute Gasteiger partial charge is 0.497 e. The molecule has 1 aliphatic rings. The van der Waals surface area contributed by atoms with Crippen LogP contribution in [0.1, 0.15) is 16.8 Å². The molecular weight excluding hydrogens is 266 g/mol. The number of hydrogen-bond acceptors (Lipinski definition) is 4. The monoisotopic (exact) mass is 281 g/mol.